The average Bonchev–Trinajstić information content (AvgIpc) is 2.62. The molecule has 7 heteroatoms. The third kappa shape index (κ3) is 9.20. The molecule has 0 aromatic carbocycles. The summed E-state index contributed by atoms with van der Waals surface area (Å²) in [5.74, 6) is -1.34. The average molecular weight is 370 g/mol. The van der Waals surface area contributed by atoms with E-state index in [4.69, 9.17) is 10.2 Å². The van der Waals surface area contributed by atoms with E-state index in [1.54, 1.807) is 0 Å². The van der Waals surface area contributed by atoms with Crippen LogP contribution in [0.4, 0.5) is 4.79 Å². The number of hydrogen-bond acceptors (Lipinski definition) is 5. The van der Waals surface area contributed by atoms with Gasteiger partial charge in [-0.2, -0.15) is 0 Å². The monoisotopic (exact) mass is 370 g/mol. The molecule has 150 valence electrons. The van der Waals surface area contributed by atoms with E-state index in [2.05, 4.69) is 16.6 Å². The Kier molecular flexibility index (Phi) is 11.0. The summed E-state index contributed by atoms with van der Waals surface area (Å²) in [6.45, 7) is 4.35. The Labute approximate surface area is 156 Å². The second-order valence-electron chi connectivity index (χ2n) is 7.11. The highest BCUT2D eigenvalue weighted by molar-refractivity contribution is 5.80. The maximum Gasteiger partial charge on any atom is 0.412 e. The summed E-state index contributed by atoms with van der Waals surface area (Å²) in [6, 6.07) is 0.362. The highest BCUT2D eigenvalue weighted by Gasteiger charge is 2.25. The third-order valence-electron chi connectivity index (χ3n) is 4.89. The minimum Gasteiger partial charge on any atom is -0.480 e. The van der Waals surface area contributed by atoms with Crippen LogP contribution in [0.15, 0.2) is 12.8 Å². The topological polar surface area (TPSA) is 108 Å². The molecule has 0 saturated heterocycles. The maximum absolute atomic E-state index is 10.7. The number of amides is 1. The number of carbonyl (C=O) groups is 2. The van der Waals surface area contributed by atoms with Crippen LogP contribution in [0.25, 0.3) is 0 Å². The number of aliphatic hydroxyl groups excluding tert-OH is 1. The molecule has 1 amide bonds. The van der Waals surface area contributed by atoms with E-state index in [1.165, 1.54) is 71.1 Å². The SMILES string of the molecule is C1CCC(NC2CCCCC2)CC1.C=COC(=O)N[C@H](C(=O)O)[C@@H](C)O. The Morgan fingerprint density at radius 1 is 1.04 bits per heavy atom. The van der Waals surface area contributed by atoms with Crippen LogP contribution < -0.4 is 10.6 Å². The summed E-state index contributed by atoms with van der Waals surface area (Å²) in [5.41, 5.74) is 0. The lowest BCUT2D eigenvalue weighted by molar-refractivity contribution is -0.141. The number of nitrogens with one attached hydrogen (secondary N) is 2. The summed E-state index contributed by atoms with van der Waals surface area (Å²) >= 11 is 0. The van der Waals surface area contributed by atoms with E-state index in [1.807, 2.05) is 5.32 Å². The molecule has 4 N–H and O–H groups in total. The fraction of sp³-hybridized carbons (Fsp3) is 0.789. The highest BCUT2D eigenvalue weighted by Crippen LogP contribution is 2.22. The lowest BCUT2D eigenvalue weighted by atomic mass is 9.91. The molecule has 2 saturated carbocycles. The van der Waals surface area contributed by atoms with Crippen molar-refractivity contribution < 1.29 is 24.5 Å². The van der Waals surface area contributed by atoms with Gasteiger partial charge in [-0.05, 0) is 32.6 Å². The number of ether oxygens (including phenoxy) is 1. The number of hydrogen-bond donors (Lipinski definition) is 4. The third-order valence-corrected chi connectivity index (χ3v) is 4.89. The number of aliphatic hydroxyl groups is 1. The van der Waals surface area contributed by atoms with Crippen molar-refractivity contribution >= 4 is 12.1 Å². The fourth-order valence-corrected chi connectivity index (χ4v) is 3.50. The van der Waals surface area contributed by atoms with E-state index in [9.17, 15) is 9.59 Å². The molecule has 0 radical (unpaired) electrons. The van der Waals surface area contributed by atoms with Gasteiger partial charge in [0.05, 0.1) is 12.4 Å². The van der Waals surface area contributed by atoms with Gasteiger partial charge in [-0.25, -0.2) is 9.59 Å². The Morgan fingerprint density at radius 2 is 1.50 bits per heavy atom. The summed E-state index contributed by atoms with van der Waals surface area (Å²) < 4.78 is 4.21. The van der Waals surface area contributed by atoms with Crippen molar-refractivity contribution in [2.24, 2.45) is 0 Å². The first-order valence-corrected chi connectivity index (χ1v) is 9.69. The van der Waals surface area contributed by atoms with Crippen LogP contribution in [-0.4, -0.2) is 46.5 Å². The minimum atomic E-state index is -1.38. The zero-order chi connectivity index (χ0) is 19.4. The Hall–Kier alpha value is -1.60. The lowest BCUT2D eigenvalue weighted by Gasteiger charge is -2.30. The van der Waals surface area contributed by atoms with Gasteiger partial charge in [-0.3, -0.25) is 0 Å². The highest BCUT2D eigenvalue weighted by atomic mass is 16.5. The minimum absolute atomic E-state index is 0.857. The van der Waals surface area contributed by atoms with Gasteiger partial charge < -0.3 is 25.6 Å². The Bertz CT molecular complexity index is 414. The summed E-state index contributed by atoms with van der Waals surface area (Å²) in [5, 5.41) is 23.2. The van der Waals surface area contributed by atoms with Crippen LogP contribution in [0, 0.1) is 0 Å². The van der Waals surface area contributed by atoms with Crippen molar-refractivity contribution in [3.8, 4) is 0 Å². The largest absolute Gasteiger partial charge is 0.480 e. The zero-order valence-corrected chi connectivity index (χ0v) is 15.8. The number of rotatable bonds is 6. The normalized spacial score (nSPS) is 20.8. The number of carbonyl (C=O) groups excluding carboxylic acids is 1. The van der Waals surface area contributed by atoms with Crippen molar-refractivity contribution in [3.05, 3.63) is 12.8 Å². The first-order chi connectivity index (χ1) is 12.4. The molecule has 2 rings (SSSR count). The quantitative estimate of drug-likeness (QED) is 0.536. The number of alkyl carbamates (subject to hydrolysis) is 1. The van der Waals surface area contributed by atoms with E-state index >= 15 is 0 Å². The predicted molar refractivity (Wildman–Crippen MR) is 99.8 cm³/mol. The molecule has 0 heterocycles. The van der Waals surface area contributed by atoms with Crippen LogP contribution in [0.2, 0.25) is 0 Å². The molecule has 0 unspecified atom stereocenters. The number of carboxylic acid groups (broad SMARTS) is 1. The van der Waals surface area contributed by atoms with E-state index in [0.717, 1.165) is 18.3 Å². The summed E-state index contributed by atoms with van der Waals surface area (Å²) in [7, 11) is 0. The van der Waals surface area contributed by atoms with Crippen molar-refractivity contribution in [1.82, 2.24) is 10.6 Å². The fourth-order valence-electron chi connectivity index (χ4n) is 3.50. The predicted octanol–water partition coefficient (Wildman–Crippen LogP) is 2.93. The zero-order valence-electron chi connectivity index (χ0n) is 15.8. The molecular weight excluding hydrogens is 336 g/mol. The van der Waals surface area contributed by atoms with Crippen LogP contribution >= 0.6 is 0 Å². The molecule has 2 aliphatic rings. The van der Waals surface area contributed by atoms with Crippen molar-refractivity contribution in [1.29, 1.82) is 0 Å². The van der Waals surface area contributed by atoms with Crippen LogP contribution in [0.1, 0.15) is 71.1 Å². The molecule has 0 aromatic heterocycles. The van der Waals surface area contributed by atoms with Crippen LogP contribution in [0.3, 0.4) is 0 Å². The van der Waals surface area contributed by atoms with Gasteiger partial charge in [0.25, 0.3) is 0 Å². The molecule has 2 aliphatic carbocycles. The summed E-state index contributed by atoms with van der Waals surface area (Å²) in [6.07, 6.45) is 13.3. The Morgan fingerprint density at radius 3 is 1.85 bits per heavy atom. The first kappa shape index (κ1) is 22.4. The van der Waals surface area contributed by atoms with E-state index in [-0.39, 0.29) is 0 Å². The van der Waals surface area contributed by atoms with Gasteiger partial charge in [0, 0.05) is 12.1 Å². The molecule has 26 heavy (non-hydrogen) atoms. The van der Waals surface area contributed by atoms with Gasteiger partial charge in [0.15, 0.2) is 6.04 Å². The molecule has 0 bridgehead atoms. The van der Waals surface area contributed by atoms with Crippen LogP contribution in [-0.2, 0) is 9.53 Å². The number of aliphatic carboxylic acids is 1. The van der Waals surface area contributed by atoms with Gasteiger partial charge in [0.1, 0.15) is 0 Å². The van der Waals surface area contributed by atoms with E-state index < -0.39 is 24.2 Å². The van der Waals surface area contributed by atoms with Gasteiger partial charge >= 0.3 is 12.1 Å². The van der Waals surface area contributed by atoms with Gasteiger partial charge in [-0.1, -0.05) is 45.1 Å². The molecule has 2 atom stereocenters. The molecule has 0 spiro atoms. The van der Waals surface area contributed by atoms with Crippen molar-refractivity contribution in [3.63, 3.8) is 0 Å². The van der Waals surface area contributed by atoms with Crippen molar-refractivity contribution in [2.75, 3.05) is 0 Å². The second-order valence-corrected chi connectivity index (χ2v) is 7.11. The van der Waals surface area contributed by atoms with Gasteiger partial charge in [-0.15, -0.1) is 0 Å². The Balaban J connectivity index is 0.000000260. The number of carboxylic acids is 1. The van der Waals surface area contributed by atoms with Crippen molar-refractivity contribution in [2.45, 2.75) is 95.4 Å². The lowest BCUT2D eigenvalue weighted by Crippen LogP contribution is -2.47. The van der Waals surface area contributed by atoms with Gasteiger partial charge in [0.2, 0.25) is 0 Å². The first-order valence-electron chi connectivity index (χ1n) is 9.69. The molecular formula is C19H34N2O5. The smallest absolute Gasteiger partial charge is 0.412 e. The van der Waals surface area contributed by atoms with E-state index in [0.29, 0.717) is 0 Å². The molecule has 0 aromatic rings. The molecule has 7 nitrogen and oxygen atoms in total. The molecule has 0 aliphatic heterocycles. The second kappa shape index (κ2) is 12.7. The molecule has 2 fully saturated rings. The van der Waals surface area contributed by atoms with Crippen LogP contribution in [0.5, 0.6) is 0 Å². The standard InChI is InChI=1S/C12H23N.C7H11NO5/c1-3-7-11(8-4-1)13-12-9-5-2-6-10-12;1-3-13-7(12)8-5(4(2)9)6(10)11/h11-13H,1-10H2;3-5,9H,1H2,2H3,(H,8,12)(H,10,11)/t;4-,5+/m.1/s1. The maximum atomic E-state index is 10.7. The summed E-state index contributed by atoms with van der Waals surface area (Å²) in [4.78, 5) is 21.1.